The number of hydrogen-bond donors (Lipinski definition) is 1. The summed E-state index contributed by atoms with van der Waals surface area (Å²) >= 11 is 0. The Balaban J connectivity index is 1.29. The third kappa shape index (κ3) is 5.63. The Morgan fingerprint density at radius 2 is 1.64 bits per heavy atom. The molecule has 0 saturated carbocycles. The van der Waals surface area contributed by atoms with Crippen LogP contribution in [0.2, 0.25) is 0 Å². The number of Topliss-reactive ketones (excluding diaryl/α,β-unsaturated/α-hetero) is 1. The molecule has 1 saturated heterocycles. The van der Waals surface area contributed by atoms with E-state index in [2.05, 4.69) is 40.0 Å². The van der Waals surface area contributed by atoms with E-state index in [1.807, 2.05) is 61.7 Å². The number of carbonyl (C=O) groups is 1. The first-order valence-electron chi connectivity index (χ1n) is 12.1. The zero-order valence-corrected chi connectivity index (χ0v) is 20.2. The fourth-order valence-corrected chi connectivity index (χ4v) is 4.11. The van der Waals surface area contributed by atoms with Gasteiger partial charge in [-0.25, -0.2) is 9.97 Å². The van der Waals surface area contributed by atoms with Crippen LogP contribution in [0.5, 0.6) is 0 Å². The molecule has 36 heavy (non-hydrogen) atoms. The van der Waals surface area contributed by atoms with E-state index in [0.717, 1.165) is 37.6 Å². The van der Waals surface area contributed by atoms with Crippen molar-refractivity contribution in [2.75, 3.05) is 41.3 Å². The van der Waals surface area contributed by atoms with Crippen LogP contribution in [0.3, 0.4) is 0 Å². The van der Waals surface area contributed by atoms with E-state index >= 15 is 0 Å². The van der Waals surface area contributed by atoms with Gasteiger partial charge in [-0.1, -0.05) is 43.3 Å². The largest absolute Gasteiger partial charge is 0.353 e. The minimum absolute atomic E-state index is 0.0306. The molecule has 4 heterocycles. The normalized spacial score (nSPS) is 13.5. The zero-order chi connectivity index (χ0) is 24.7. The number of nitrogens with one attached hydrogen (secondary N) is 1. The Morgan fingerprint density at radius 3 is 2.39 bits per heavy atom. The lowest BCUT2D eigenvalue weighted by Gasteiger charge is -2.35. The maximum absolute atomic E-state index is 12.8. The molecule has 0 atom stereocenters. The van der Waals surface area contributed by atoms with Crippen molar-refractivity contribution in [1.29, 1.82) is 0 Å². The topological polar surface area (TPSA) is 100 Å². The highest BCUT2D eigenvalue weighted by molar-refractivity contribution is 5.98. The van der Waals surface area contributed by atoms with Crippen molar-refractivity contribution >= 4 is 29.3 Å². The zero-order valence-electron chi connectivity index (χ0n) is 20.2. The summed E-state index contributed by atoms with van der Waals surface area (Å²) < 4.78 is 0. The van der Waals surface area contributed by atoms with Crippen molar-refractivity contribution in [3.63, 3.8) is 0 Å². The molecule has 9 nitrogen and oxygen atoms in total. The summed E-state index contributed by atoms with van der Waals surface area (Å²) in [7, 11) is 0. The number of aryl methyl sites for hydroxylation is 1. The molecule has 5 rings (SSSR count). The van der Waals surface area contributed by atoms with Crippen LogP contribution in [0.25, 0.3) is 0 Å². The minimum atomic E-state index is 0.0306. The quantitative estimate of drug-likeness (QED) is 0.378. The van der Waals surface area contributed by atoms with Gasteiger partial charge in [-0.05, 0) is 29.8 Å². The number of rotatable bonds is 8. The molecule has 0 amide bonds. The van der Waals surface area contributed by atoms with Crippen LogP contribution in [0, 0.1) is 0 Å². The van der Waals surface area contributed by atoms with Crippen LogP contribution in [0.15, 0.2) is 73.1 Å². The molecular formula is C27H28N8O. The van der Waals surface area contributed by atoms with Crippen molar-refractivity contribution in [2.45, 2.75) is 19.8 Å². The van der Waals surface area contributed by atoms with Crippen molar-refractivity contribution in [3.05, 3.63) is 90.0 Å². The summed E-state index contributed by atoms with van der Waals surface area (Å²) in [6.07, 6.45) is 4.46. The predicted octanol–water partition coefficient (Wildman–Crippen LogP) is 3.72. The highest BCUT2D eigenvalue weighted by Gasteiger charge is 2.21. The lowest BCUT2D eigenvalue weighted by Crippen LogP contribution is -2.47. The molecule has 0 spiro atoms. The fraction of sp³-hybridized carbons (Fsp3) is 0.259. The Labute approximate surface area is 210 Å². The van der Waals surface area contributed by atoms with Crippen LogP contribution in [0.4, 0.5) is 23.5 Å². The number of pyridine rings is 2. The summed E-state index contributed by atoms with van der Waals surface area (Å²) in [6.45, 7) is 5.25. The summed E-state index contributed by atoms with van der Waals surface area (Å²) in [5, 5.41) is 3.18. The fourth-order valence-electron chi connectivity index (χ4n) is 4.11. The van der Waals surface area contributed by atoms with Crippen LogP contribution in [0.1, 0.15) is 28.7 Å². The van der Waals surface area contributed by atoms with Crippen LogP contribution in [-0.4, -0.2) is 56.9 Å². The summed E-state index contributed by atoms with van der Waals surface area (Å²) in [5.41, 5.74) is 1.57. The first-order valence-corrected chi connectivity index (χ1v) is 12.1. The molecule has 1 fully saturated rings. The minimum Gasteiger partial charge on any atom is -0.353 e. The molecule has 1 aromatic carbocycles. The Morgan fingerprint density at radius 1 is 0.861 bits per heavy atom. The molecule has 0 unspecified atom stereocenters. The number of ketones is 1. The highest BCUT2D eigenvalue weighted by atomic mass is 16.1. The van der Waals surface area contributed by atoms with E-state index in [1.165, 1.54) is 0 Å². The average molecular weight is 481 g/mol. The van der Waals surface area contributed by atoms with E-state index in [0.29, 0.717) is 41.9 Å². The van der Waals surface area contributed by atoms with E-state index in [1.54, 1.807) is 18.3 Å². The Bertz CT molecular complexity index is 1310. The van der Waals surface area contributed by atoms with E-state index in [4.69, 9.17) is 0 Å². The monoisotopic (exact) mass is 480 g/mol. The van der Waals surface area contributed by atoms with Gasteiger partial charge in [-0.2, -0.15) is 15.0 Å². The van der Waals surface area contributed by atoms with Gasteiger partial charge in [-0.15, -0.1) is 0 Å². The summed E-state index contributed by atoms with van der Waals surface area (Å²) in [5.74, 6) is 3.30. The second-order valence-electron chi connectivity index (χ2n) is 8.53. The lowest BCUT2D eigenvalue weighted by atomic mass is 10.0. The van der Waals surface area contributed by atoms with Gasteiger partial charge in [0, 0.05) is 57.0 Å². The van der Waals surface area contributed by atoms with Crippen molar-refractivity contribution in [2.24, 2.45) is 0 Å². The van der Waals surface area contributed by atoms with Crippen LogP contribution in [-0.2, 0) is 12.8 Å². The molecule has 9 heteroatoms. The van der Waals surface area contributed by atoms with Gasteiger partial charge >= 0.3 is 0 Å². The van der Waals surface area contributed by atoms with Gasteiger partial charge in [0.1, 0.15) is 17.5 Å². The number of piperazine rings is 1. The molecule has 0 bridgehead atoms. The molecule has 1 N–H and O–H groups in total. The van der Waals surface area contributed by atoms with Gasteiger partial charge in [0.2, 0.25) is 11.9 Å². The van der Waals surface area contributed by atoms with Gasteiger partial charge in [0.15, 0.2) is 5.78 Å². The number of aromatic nitrogens is 5. The van der Waals surface area contributed by atoms with Crippen LogP contribution >= 0.6 is 0 Å². The lowest BCUT2D eigenvalue weighted by molar-refractivity contribution is 0.0993. The van der Waals surface area contributed by atoms with Crippen molar-refractivity contribution < 1.29 is 4.79 Å². The number of nitrogens with zero attached hydrogens (tertiary/aromatic N) is 7. The molecule has 1 aliphatic rings. The number of benzene rings is 1. The standard InChI is InChI=1S/C27H28N8O/c1-2-23-30-26(31-24-19-21(11-13-28-24)22(36)18-20-8-4-3-5-9-20)33-27(32-23)35-16-14-34(15-17-35)25-10-6-7-12-29-25/h3-13,19H,2,14-18H2,1H3,(H,28,30,31,32,33). The van der Waals surface area contributed by atoms with E-state index < -0.39 is 0 Å². The summed E-state index contributed by atoms with van der Waals surface area (Å²) in [6, 6.07) is 19.1. The molecule has 182 valence electrons. The van der Waals surface area contributed by atoms with E-state index in [9.17, 15) is 4.79 Å². The number of anilines is 4. The molecule has 4 aromatic rings. The van der Waals surface area contributed by atoms with E-state index in [-0.39, 0.29) is 5.78 Å². The SMILES string of the molecule is CCc1nc(Nc2cc(C(=O)Cc3ccccc3)ccn2)nc(N2CCN(c3ccccn3)CC2)n1. The number of carbonyl (C=O) groups excluding carboxylic acids is 1. The molecular weight excluding hydrogens is 452 g/mol. The first kappa shape index (κ1) is 23.3. The molecule has 0 aliphatic carbocycles. The molecule has 3 aromatic heterocycles. The number of hydrogen-bond acceptors (Lipinski definition) is 9. The van der Waals surface area contributed by atoms with Crippen molar-refractivity contribution in [3.8, 4) is 0 Å². The Kier molecular flexibility index (Phi) is 7.07. The second kappa shape index (κ2) is 10.9. The first-order chi connectivity index (χ1) is 17.7. The Hall–Kier alpha value is -4.40. The third-order valence-electron chi connectivity index (χ3n) is 6.05. The van der Waals surface area contributed by atoms with Gasteiger partial charge < -0.3 is 15.1 Å². The van der Waals surface area contributed by atoms with Crippen molar-refractivity contribution in [1.82, 2.24) is 24.9 Å². The maximum Gasteiger partial charge on any atom is 0.233 e. The summed E-state index contributed by atoms with van der Waals surface area (Å²) in [4.78, 5) is 39.9. The van der Waals surface area contributed by atoms with Gasteiger partial charge in [0.25, 0.3) is 0 Å². The average Bonchev–Trinajstić information content (AvgIpc) is 2.94. The highest BCUT2D eigenvalue weighted by Crippen LogP contribution is 2.19. The third-order valence-corrected chi connectivity index (χ3v) is 6.05. The van der Waals surface area contributed by atoms with Gasteiger partial charge in [-0.3, -0.25) is 4.79 Å². The van der Waals surface area contributed by atoms with Crippen LogP contribution < -0.4 is 15.1 Å². The van der Waals surface area contributed by atoms with Gasteiger partial charge in [0.05, 0.1) is 0 Å². The maximum atomic E-state index is 12.8. The molecule has 1 aliphatic heterocycles. The predicted molar refractivity (Wildman–Crippen MR) is 140 cm³/mol. The second-order valence-corrected chi connectivity index (χ2v) is 8.53. The smallest absolute Gasteiger partial charge is 0.233 e. The molecule has 0 radical (unpaired) electrons.